The fourth-order valence-electron chi connectivity index (χ4n) is 2.64. The Hall–Kier alpha value is -1.55. The van der Waals surface area contributed by atoms with Gasteiger partial charge in [-0.25, -0.2) is 0 Å². The molecule has 2 N–H and O–H groups in total. The van der Waals surface area contributed by atoms with Gasteiger partial charge in [-0.15, -0.1) is 0 Å². The second kappa shape index (κ2) is 7.29. The van der Waals surface area contributed by atoms with Crippen LogP contribution in [0.1, 0.15) is 38.2 Å². The first-order chi connectivity index (χ1) is 9.70. The van der Waals surface area contributed by atoms with E-state index >= 15 is 0 Å². The van der Waals surface area contributed by atoms with Gasteiger partial charge in [0.15, 0.2) is 0 Å². The van der Waals surface area contributed by atoms with Crippen LogP contribution < -0.4 is 10.6 Å². The summed E-state index contributed by atoms with van der Waals surface area (Å²) in [6, 6.07) is 8.04. The number of carbonyl (C=O) groups is 1. The second-order valence-electron chi connectivity index (χ2n) is 5.45. The van der Waals surface area contributed by atoms with Gasteiger partial charge in [0.2, 0.25) is 5.91 Å². The van der Waals surface area contributed by atoms with Gasteiger partial charge < -0.3 is 15.4 Å². The summed E-state index contributed by atoms with van der Waals surface area (Å²) in [7, 11) is 1.67. The van der Waals surface area contributed by atoms with Crippen molar-refractivity contribution in [1.29, 1.82) is 0 Å². The largest absolute Gasteiger partial charge is 0.380 e. The number of benzene rings is 1. The maximum atomic E-state index is 12.2. The quantitative estimate of drug-likeness (QED) is 0.840. The SMILES string of the molecule is COCc1ccccc1NC(C)C(=O)NC1CCCC1. The predicted octanol–water partition coefficient (Wildman–Crippen LogP) is 2.69. The van der Waals surface area contributed by atoms with E-state index in [2.05, 4.69) is 10.6 Å². The molecule has 0 spiro atoms. The summed E-state index contributed by atoms with van der Waals surface area (Å²) < 4.78 is 5.18. The Balaban J connectivity index is 1.92. The molecule has 1 aromatic rings. The normalized spacial score (nSPS) is 16.9. The van der Waals surface area contributed by atoms with E-state index < -0.39 is 0 Å². The van der Waals surface area contributed by atoms with Gasteiger partial charge >= 0.3 is 0 Å². The maximum absolute atomic E-state index is 12.2. The summed E-state index contributed by atoms with van der Waals surface area (Å²) in [6.45, 7) is 2.44. The number of methoxy groups -OCH3 is 1. The molecule has 0 saturated heterocycles. The lowest BCUT2D eigenvalue weighted by Crippen LogP contribution is -2.42. The molecule has 1 aromatic carbocycles. The molecular formula is C16H24N2O2. The zero-order valence-corrected chi connectivity index (χ0v) is 12.3. The molecule has 1 fully saturated rings. The number of rotatable bonds is 6. The minimum atomic E-state index is -0.242. The Labute approximate surface area is 120 Å². The molecule has 1 aliphatic carbocycles. The monoisotopic (exact) mass is 276 g/mol. The van der Waals surface area contributed by atoms with E-state index in [9.17, 15) is 4.79 Å². The number of amides is 1. The van der Waals surface area contributed by atoms with Gasteiger partial charge in [-0.1, -0.05) is 31.0 Å². The van der Waals surface area contributed by atoms with Gasteiger partial charge in [0.25, 0.3) is 0 Å². The van der Waals surface area contributed by atoms with Crippen LogP contribution in [0.3, 0.4) is 0 Å². The highest BCUT2D eigenvalue weighted by atomic mass is 16.5. The summed E-state index contributed by atoms with van der Waals surface area (Å²) in [5.41, 5.74) is 2.03. The van der Waals surface area contributed by atoms with Crippen LogP contribution >= 0.6 is 0 Å². The van der Waals surface area contributed by atoms with Crippen molar-refractivity contribution in [1.82, 2.24) is 5.32 Å². The Kier molecular flexibility index (Phi) is 5.41. The topological polar surface area (TPSA) is 50.4 Å². The molecule has 0 aliphatic heterocycles. The molecule has 110 valence electrons. The molecule has 0 heterocycles. The first-order valence-corrected chi connectivity index (χ1v) is 7.34. The van der Waals surface area contributed by atoms with E-state index in [1.807, 2.05) is 31.2 Å². The van der Waals surface area contributed by atoms with Gasteiger partial charge in [-0.05, 0) is 25.8 Å². The van der Waals surface area contributed by atoms with Gasteiger partial charge in [0.05, 0.1) is 6.61 Å². The molecule has 1 aliphatic rings. The molecule has 0 aromatic heterocycles. The van der Waals surface area contributed by atoms with Gasteiger partial charge in [0, 0.05) is 24.4 Å². The highest BCUT2D eigenvalue weighted by Gasteiger charge is 2.20. The van der Waals surface area contributed by atoms with E-state index in [0.717, 1.165) is 24.1 Å². The van der Waals surface area contributed by atoms with E-state index in [1.54, 1.807) is 7.11 Å². The summed E-state index contributed by atoms with van der Waals surface area (Å²) in [4.78, 5) is 12.2. The van der Waals surface area contributed by atoms with Crippen LogP contribution in [-0.2, 0) is 16.1 Å². The van der Waals surface area contributed by atoms with Crippen LogP contribution in [0.4, 0.5) is 5.69 Å². The van der Waals surface area contributed by atoms with Crippen LogP contribution in [-0.4, -0.2) is 25.1 Å². The number of nitrogens with one attached hydrogen (secondary N) is 2. The molecule has 1 atom stereocenters. The smallest absolute Gasteiger partial charge is 0.242 e. The van der Waals surface area contributed by atoms with Crippen LogP contribution in [0.5, 0.6) is 0 Å². The van der Waals surface area contributed by atoms with E-state index in [1.165, 1.54) is 12.8 Å². The molecule has 4 nitrogen and oxygen atoms in total. The molecule has 2 rings (SSSR count). The average Bonchev–Trinajstić information content (AvgIpc) is 2.94. The van der Waals surface area contributed by atoms with Crippen molar-refractivity contribution < 1.29 is 9.53 Å². The van der Waals surface area contributed by atoms with Crippen LogP contribution in [0.2, 0.25) is 0 Å². The molecule has 1 unspecified atom stereocenters. The molecule has 4 heteroatoms. The van der Waals surface area contributed by atoms with E-state index in [0.29, 0.717) is 12.6 Å². The predicted molar refractivity (Wildman–Crippen MR) is 80.6 cm³/mol. The number of carbonyl (C=O) groups excluding carboxylic acids is 1. The van der Waals surface area contributed by atoms with E-state index in [-0.39, 0.29) is 11.9 Å². The number of para-hydroxylation sites is 1. The highest BCUT2D eigenvalue weighted by molar-refractivity contribution is 5.84. The number of hydrogen-bond acceptors (Lipinski definition) is 3. The highest BCUT2D eigenvalue weighted by Crippen LogP contribution is 2.19. The Morgan fingerprint density at radius 2 is 2.05 bits per heavy atom. The van der Waals surface area contributed by atoms with Crippen molar-refractivity contribution in [3.63, 3.8) is 0 Å². The first kappa shape index (κ1) is 14.9. The van der Waals surface area contributed by atoms with Crippen molar-refractivity contribution in [2.75, 3.05) is 12.4 Å². The van der Waals surface area contributed by atoms with Crippen LogP contribution in [0.25, 0.3) is 0 Å². The zero-order chi connectivity index (χ0) is 14.4. The van der Waals surface area contributed by atoms with Gasteiger partial charge in [-0.3, -0.25) is 4.79 Å². The zero-order valence-electron chi connectivity index (χ0n) is 12.3. The summed E-state index contributed by atoms with van der Waals surface area (Å²) in [5.74, 6) is 0.0733. The van der Waals surface area contributed by atoms with Gasteiger partial charge in [-0.2, -0.15) is 0 Å². The van der Waals surface area contributed by atoms with Crippen molar-refractivity contribution in [3.8, 4) is 0 Å². The lowest BCUT2D eigenvalue weighted by molar-refractivity contribution is -0.122. The Morgan fingerprint density at radius 1 is 1.35 bits per heavy atom. The number of anilines is 1. The second-order valence-corrected chi connectivity index (χ2v) is 5.45. The number of hydrogen-bond donors (Lipinski definition) is 2. The van der Waals surface area contributed by atoms with E-state index in [4.69, 9.17) is 4.74 Å². The first-order valence-electron chi connectivity index (χ1n) is 7.34. The fourth-order valence-corrected chi connectivity index (χ4v) is 2.64. The number of ether oxygens (including phenoxy) is 1. The third kappa shape index (κ3) is 3.97. The molecule has 0 bridgehead atoms. The van der Waals surface area contributed by atoms with Crippen molar-refractivity contribution in [2.45, 2.75) is 51.3 Å². The Bertz CT molecular complexity index is 442. The molecule has 0 radical (unpaired) electrons. The third-order valence-electron chi connectivity index (χ3n) is 3.78. The van der Waals surface area contributed by atoms with Crippen LogP contribution in [0, 0.1) is 0 Å². The standard InChI is InChI=1S/C16H24N2O2/c1-12(16(19)18-14-8-4-5-9-14)17-15-10-6-3-7-13(15)11-20-2/h3,6-7,10,12,14,17H,4-5,8-9,11H2,1-2H3,(H,18,19). The molecule has 1 amide bonds. The minimum Gasteiger partial charge on any atom is -0.380 e. The maximum Gasteiger partial charge on any atom is 0.242 e. The molecule has 20 heavy (non-hydrogen) atoms. The minimum absolute atomic E-state index is 0.0733. The van der Waals surface area contributed by atoms with Crippen molar-refractivity contribution in [2.24, 2.45) is 0 Å². The molecular weight excluding hydrogens is 252 g/mol. The third-order valence-corrected chi connectivity index (χ3v) is 3.78. The summed E-state index contributed by atoms with van der Waals surface area (Å²) in [6.07, 6.45) is 4.67. The lowest BCUT2D eigenvalue weighted by Gasteiger charge is -2.20. The lowest BCUT2D eigenvalue weighted by atomic mass is 10.1. The Morgan fingerprint density at radius 3 is 2.75 bits per heavy atom. The summed E-state index contributed by atoms with van der Waals surface area (Å²) in [5, 5.41) is 6.39. The van der Waals surface area contributed by atoms with Crippen LogP contribution in [0.15, 0.2) is 24.3 Å². The van der Waals surface area contributed by atoms with Crippen molar-refractivity contribution in [3.05, 3.63) is 29.8 Å². The fraction of sp³-hybridized carbons (Fsp3) is 0.562. The van der Waals surface area contributed by atoms with Gasteiger partial charge in [0.1, 0.15) is 6.04 Å². The van der Waals surface area contributed by atoms with Crippen molar-refractivity contribution >= 4 is 11.6 Å². The summed E-state index contributed by atoms with van der Waals surface area (Å²) >= 11 is 0. The average molecular weight is 276 g/mol. The molecule has 1 saturated carbocycles.